The van der Waals surface area contributed by atoms with Gasteiger partial charge in [-0.1, -0.05) is 36.4 Å². The van der Waals surface area contributed by atoms with Gasteiger partial charge in [-0.3, -0.25) is 4.79 Å². The monoisotopic (exact) mass is 351 g/mol. The number of benzene rings is 2. The topological polar surface area (TPSA) is 102 Å². The van der Waals surface area contributed by atoms with Gasteiger partial charge in [-0.2, -0.15) is 0 Å². The molecule has 2 aromatic rings. The maximum Gasteiger partial charge on any atom is 0.323 e. The Morgan fingerprint density at radius 3 is 1.79 bits per heavy atom. The van der Waals surface area contributed by atoms with Crippen LogP contribution in [0.2, 0.25) is 0 Å². The van der Waals surface area contributed by atoms with Gasteiger partial charge in [0.15, 0.2) is 5.75 Å². The first kappa shape index (κ1) is 17.8. The van der Waals surface area contributed by atoms with Crippen LogP contribution in [0.1, 0.15) is 6.92 Å². The highest BCUT2D eigenvalue weighted by molar-refractivity contribution is 7.90. The van der Waals surface area contributed by atoms with E-state index in [4.69, 9.17) is 14.6 Å². The Balaban J connectivity index is 2.28. The Bertz CT molecular complexity index is 735. The minimum atomic E-state index is -4.18. The molecule has 0 bridgehead atoms. The molecule has 0 amide bonds. The number of carboxylic acids is 1. The summed E-state index contributed by atoms with van der Waals surface area (Å²) in [5, 5.41) is 8.72. The summed E-state index contributed by atoms with van der Waals surface area (Å²) in [6.45, 7) is 1.35. The van der Waals surface area contributed by atoms with Crippen molar-refractivity contribution in [1.82, 2.24) is 4.72 Å². The standard InChI is InChI=1S/C16H17NO6S/c1-16(17-24(20,21)12-15(18)19,22-13-8-4-2-5-9-13)23-14-10-6-3-7-11-14/h2-11,17H,12H2,1H3,(H,18,19). The van der Waals surface area contributed by atoms with E-state index in [9.17, 15) is 13.2 Å². The molecule has 128 valence electrons. The number of para-hydroxylation sites is 2. The second-order valence-electron chi connectivity index (χ2n) is 5.03. The van der Waals surface area contributed by atoms with Crippen LogP contribution in [-0.4, -0.2) is 31.2 Å². The number of hydrogen-bond donors (Lipinski definition) is 2. The molecule has 0 aliphatic rings. The number of carboxylic acid groups (broad SMARTS) is 1. The van der Waals surface area contributed by atoms with Crippen molar-refractivity contribution in [3.8, 4) is 11.5 Å². The molecule has 0 aliphatic heterocycles. The van der Waals surface area contributed by atoms with Gasteiger partial charge in [-0.15, -0.1) is 4.72 Å². The first-order valence-electron chi connectivity index (χ1n) is 7.00. The summed E-state index contributed by atoms with van der Waals surface area (Å²) in [7, 11) is -4.18. The Morgan fingerprint density at radius 1 is 1.00 bits per heavy atom. The van der Waals surface area contributed by atoms with E-state index in [-0.39, 0.29) is 0 Å². The zero-order valence-corrected chi connectivity index (χ0v) is 13.7. The molecule has 2 rings (SSSR count). The molecule has 0 saturated heterocycles. The van der Waals surface area contributed by atoms with Gasteiger partial charge in [0.25, 0.3) is 0 Å². The molecule has 0 atom stereocenters. The summed E-state index contributed by atoms with van der Waals surface area (Å²) in [6, 6.07) is 16.9. The second kappa shape index (κ2) is 7.33. The van der Waals surface area contributed by atoms with Crippen LogP contribution in [0.5, 0.6) is 11.5 Å². The molecule has 0 fully saturated rings. The third-order valence-electron chi connectivity index (χ3n) is 2.77. The number of aliphatic carboxylic acids is 1. The van der Waals surface area contributed by atoms with Crippen LogP contribution in [0.3, 0.4) is 0 Å². The van der Waals surface area contributed by atoms with Crippen LogP contribution < -0.4 is 14.2 Å². The summed E-state index contributed by atoms with van der Waals surface area (Å²) >= 11 is 0. The van der Waals surface area contributed by atoms with E-state index in [1.54, 1.807) is 60.7 Å². The largest absolute Gasteiger partial charge is 0.480 e. The number of carbonyl (C=O) groups is 1. The number of hydrogen-bond acceptors (Lipinski definition) is 5. The predicted molar refractivity (Wildman–Crippen MR) is 87.1 cm³/mol. The smallest absolute Gasteiger partial charge is 0.323 e. The van der Waals surface area contributed by atoms with Gasteiger partial charge in [0.2, 0.25) is 10.0 Å². The molecular formula is C16H17NO6S. The highest BCUT2D eigenvalue weighted by Gasteiger charge is 2.35. The lowest BCUT2D eigenvalue weighted by molar-refractivity contribution is -0.134. The van der Waals surface area contributed by atoms with Crippen LogP contribution in [0.25, 0.3) is 0 Å². The Morgan fingerprint density at radius 2 is 1.42 bits per heavy atom. The van der Waals surface area contributed by atoms with Crippen LogP contribution in [0.15, 0.2) is 60.7 Å². The van der Waals surface area contributed by atoms with Crippen LogP contribution in [-0.2, 0) is 14.8 Å². The number of ether oxygens (including phenoxy) is 2. The van der Waals surface area contributed by atoms with Crippen molar-refractivity contribution in [2.45, 2.75) is 12.8 Å². The van der Waals surface area contributed by atoms with Gasteiger partial charge >= 0.3 is 11.9 Å². The molecule has 2 aromatic carbocycles. The Kier molecular flexibility index (Phi) is 5.42. The molecule has 0 spiro atoms. The average molecular weight is 351 g/mol. The van der Waals surface area contributed by atoms with E-state index in [0.717, 1.165) is 0 Å². The molecule has 7 nitrogen and oxygen atoms in total. The molecule has 0 radical (unpaired) electrons. The molecule has 0 heterocycles. The number of sulfonamides is 1. The molecular weight excluding hydrogens is 334 g/mol. The maximum absolute atomic E-state index is 12.0. The Labute approximate surface area is 139 Å². The van der Waals surface area contributed by atoms with Gasteiger partial charge in [0.05, 0.1) is 0 Å². The molecule has 8 heteroatoms. The van der Waals surface area contributed by atoms with Crippen LogP contribution in [0.4, 0.5) is 0 Å². The van der Waals surface area contributed by atoms with E-state index in [2.05, 4.69) is 4.72 Å². The van der Waals surface area contributed by atoms with Gasteiger partial charge < -0.3 is 14.6 Å². The molecule has 0 unspecified atom stereocenters. The fraction of sp³-hybridized carbons (Fsp3) is 0.188. The second-order valence-corrected chi connectivity index (χ2v) is 6.75. The highest BCUT2D eigenvalue weighted by Crippen LogP contribution is 2.21. The zero-order valence-electron chi connectivity index (χ0n) is 12.9. The van der Waals surface area contributed by atoms with Gasteiger partial charge in [-0.05, 0) is 24.3 Å². The third kappa shape index (κ3) is 5.56. The lowest BCUT2D eigenvalue weighted by atomic mass is 10.3. The van der Waals surface area contributed by atoms with E-state index in [1.807, 2.05) is 0 Å². The molecule has 24 heavy (non-hydrogen) atoms. The predicted octanol–water partition coefficient (Wildman–Crippen LogP) is 1.82. The summed E-state index contributed by atoms with van der Waals surface area (Å²) in [5.41, 5.74) is 0. The maximum atomic E-state index is 12.0. The lowest BCUT2D eigenvalue weighted by Gasteiger charge is -2.31. The summed E-state index contributed by atoms with van der Waals surface area (Å²) in [4.78, 5) is 10.7. The molecule has 0 aromatic heterocycles. The summed E-state index contributed by atoms with van der Waals surface area (Å²) in [5.74, 6) is -3.69. The van der Waals surface area contributed by atoms with Crippen molar-refractivity contribution >= 4 is 16.0 Å². The highest BCUT2D eigenvalue weighted by atomic mass is 32.2. The lowest BCUT2D eigenvalue weighted by Crippen LogP contribution is -2.56. The van der Waals surface area contributed by atoms with Crippen LogP contribution in [0, 0.1) is 0 Å². The quantitative estimate of drug-likeness (QED) is 0.704. The van der Waals surface area contributed by atoms with Gasteiger partial charge in [0, 0.05) is 6.92 Å². The first-order valence-corrected chi connectivity index (χ1v) is 8.65. The van der Waals surface area contributed by atoms with Crippen molar-refractivity contribution in [3.63, 3.8) is 0 Å². The fourth-order valence-corrected chi connectivity index (χ4v) is 3.02. The summed E-state index contributed by atoms with van der Waals surface area (Å²) < 4.78 is 37.4. The third-order valence-corrected chi connectivity index (χ3v) is 4.07. The van der Waals surface area contributed by atoms with Crippen molar-refractivity contribution in [3.05, 3.63) is 60.7 Å². The molecule has 0 saturated carbocycles. The van der Waals surface area contributed by atoms with Crippen molar-refractivity contribution < 1.29 is 27.8 Å². The normalized spacial score (nSPS) is 11.7. The Hall–Kier alpha value is -2.58. The number of nitrogens with one attached hydrogen (secondary N) is 1. The average Bonchev–Trinajstić information content (AvgIpc) is 2.46. The molecule has 2 N–H and O–H groups in total. The van der Waals surface area contributed by atoms with E-state index in [1.165, 1.54) is 6.92 Å². The SMILES string of the molecule is CC(NS(=O)(=O)CC(=O)O)(Oc1ccccc1)Oc1ccccc1. The van der Waals surface area contributed by atoms with Crippen LogP contribution >= 0.6 is 0 Å². The van der Waals surface area contributed by atoms with Gasteiger partial charge in [-0.25, -0.2) is 8.42 Å². The van der Waals surface area contributed by atoms with Crippen molar-refractivity contribution in [1.29, 1.82) is 0 Å². The molecule has 0 aliphatic carbocycles. The first-order chi connectivity index (χ1) is 11.3. The minimum absolute atomic E-state index is 0.356. The number of rotatable bonds is 8. The van der Waals surface area contributed by atoms with E-state index < -0.39 is 27.7 Å². The minimum Gasteiger partial charge on any atom is -0.480 e. The van der Waals surface area contributed by atoms with Crippen molar-refractivity contribution in [2.75, 3.05) is 5.75 Å². The van der Waals surface area contributed by atoms with Crippen molar-refractivity contribution in [2.24, 2.45) is 0 Å². The zero-order chi connectivity index (χ0) is 17.6. The van der Waals surface area contributed by atoms with Gasteiger partial charge in [0.1, 0.15) is 11.5 Å². The fourth-order valence-electron chi connectivity index (χ4n) is 1.97. The summed E-state index contributed by atoms with van der Waals surface area (Å²) in [6.07, 6.45) is 0. The van der Waals surface area contributed by atoms with E-state index in [0.29, 0.717) is 11.5 Å². The van der Waals surface area contributed by atoms with E-state index >= 15 is 0 Å².